The molecule has 0 fully saturated rings. The van der Waals surface area contributed by atoms with E-state index < -0.39 is 5.91 Å². The third-order valence-electron chi connectivity index (χ3n) is 3.37. The van der Waals surface area contributed by atoms with Crippen molar-refractivity contribution in [3.63, 3.8) is 0 Å². The van der Waals surface area contributed by atoms with Gasteiger partial charge in [0.25, 0.3) is 0 Å². The first kappa shape index (κ1) is 15.2. The van der Waals surface area contributed by atoms with E-state index in [-0.39, 0.29) is 0 Å². The summed E-state index contributed by atoms with van der Waals surface area (Å²) in [6.45, 7) is 3.46. The number of amides is 1. The SMILES string of the molecule is CCN(Cc1ccccc1N)c1ccc(C(N)=O)cc1Cl. The van der Waals surface area contributed by atoms with Crippen LogP contribution in [0.4, 0.5) is 11.4 Å². The fourth-order valence-corrected chi connectivity index (χ4v) is 2.47. The summed E-state index contributed by atoms with van der Waals surface area (Å²) in [4.78, 5) is 13.3. The van der Waals surface area contributed by atoms with Gasteiger partial charge in [-0.2, -0.15) is 0 Å². The van der Waals surface area contributed by atoms with E-state index in [9.17, 15) is 4.79 Å². The van der Waals surface area contributed by atoms with Crippen molar-refractivity contribution in [2.75, 3.05) is 17.2 Å². The van der Waals surface area contributed by atoms with Crippen molar-refractivity contribution in [3.05, 3.63) is 58.6 Å². The number of halogens is 1. The fourth-order valence-electron chi connectivity index (χ4n) is 2.17. The number of primary amides is 1. The van der Waals surface area contributed by atoms with Crippen LogP contribution in [0.2, 0.25) is 5.02 Å². The third-order valence-corrected chi connectivity index (χ3v) is 3.67. The molecule has 0 aliphatic heterocycles. The van der Waals surface area contributed by atoms with Crippen molar-refractivity contribution in [1.29, 1.82) is 0 Å². The summed E-state index contributed by atoms with van der Waals surface area (Å²) in [5, 5.41) is 0.502. The lowest BCUT2D eigenvalue weighted by atomic mass is 10.1. The number of benzene rings is 2. The summed E-state index contributed by atoms with van der Waals surface area (Å²) in [6, 6.07) is 12.8. The number of carbonyl (C=O) groups excluding carboxylic acids is 1. The number of anilines is 2. The maximum atomic E-state index is 11.2. The maximum absolute atomic E-state index is 11.2. The molecular weight excluding hydrogens is 286 g/mol. The predicted octanol–water partition coefficient (Wildman–Crippen LogP) is 3.05. The van der Waals surface area contributed by atoms with Crippen LogP contribution < -0.4 is 16.4 Å². The Bertz CT molecular complexity index is 658. The van der Waals surface area contributed by atoms with Crippen molar-refractivity contribution in [3.8, 4) is 0 Å². The molecule has 2 aromatic carbocycles. The number of para-hydroxylation sites is 1. The first-order valence-corrected chi connectivity index (χ1v) is 7.08. The minimum atomic E-state index is -0.487. The molecule has 0 aliphatic rings. The van der Waals surface area contributed by atoms with Gasteiger partial charge in [-0.1, -0.05) is 29.8 Å². The normalized spacial score (nSPS) is 10.4. The second-order valence-electron chi connectivity index (χ2n) is 4.74. The van der Waals surface area contributed by atoms with Crippen molar-refractivity contribution in [2.45, 2.75) is 13.5 Å². The van der Waals surface area contributed by atoms with Crippen LogP contribution in [-0.2, 0) is 6.54 Å². The molecular formula is C16H18ClN3O. The van der Waals surface area contributed by atoms with E-state index in [0.717, 1.165) is 23.5 Å². The Balaban J connectivity index is 2.30. The van der Waals surface area contributed by atoms with Gasteiger partial charge < -0.3 is 16.4 Å². The van der Waals surface area contributed by atoms with Crippen LogP contribution >= 0.6 is 11.6 Å². The summed E-state index contributed by atoms with van der Waals surface area (Å²) >= 11 is 6.27. The minimum Gasteiger partial charge on any atom is -0.398 e. The number of nitrogen functional groups attached to an aromatic ring is 1. The summed E-state index contributed by atoms with van der Waals surface area (Å²) in [5.74, 6) is -0.487. The Morgan fingerprint density at radius 2 is 1.95 bits per heavy atom. The van der Waals surface area contributed by atoms with Gasteiger partial charge >= 0.3 is 0 Å². The lowest BCUT2D eigenvalue weighted by Crippen LogP contribution is -2.23. The average Bonchev–Trinajstić information content (AvgIpc) is 2.47. The second-order valence-corrected chi connectivity index (χ2v) is 5.15. The van der Waals surface area contributed by atoms with Gasteiger partial charge in [-0.15, -0.1) is 0 Å². The number of hydrogen-bond acceptors (Lipinski definition) is 3. The molecule has 4 N–H and O–H groups in total. The molecule has 110 valence electrons. The predicted molar refractivity (Wildman–Crippen MR) is 87.5 cm³/mol. The molecule has 0 bridgehead atoms. The standard InChI is InChI=1S/C16H18ClN3O/c1-2-20(10-12-5-3-4-6-14(12)18)15-8-7-11(16(19)21)9-13(15)17/h3-9H,2,10,18H2,1H3,(H2,19,21). The Labute approximate surface area is 129 Å². The first-order chi connectivity index (χ1) is 10.0. The van der Waals surface area contributed by atoms with Crippen LogP contribution in [-0.4, -0.2) is 12.5 Å². The largest absolute Gasteiger partial charge is 0.398 e. The highest BCUT2D eigenvalue weighted by Gasteiger charge is 2.12. The van der Waals surface area contributed by atoms with E-state index in [1.165, 1.54) is 0 Å². The summed E-state index contributed by atoms with van der Waals surface area (Å²) in [5.41, 5.74) is 14.3. The summed E-state index contributed by atoms with van der Waals surface area (Å²) in [7, 11) is 0. The molecule has 0 aromatic heterocycles. The Kier molecular flexibility index (Phi) is 4.70. The maximum Gasteiger partial charge on any atom is 0.248 e. The van der Waals surface area contributed by atoms with Crippen molar-refractivity contribution >= 4 is 28.9 Å². The molecule has 1 amide bonds. The van der Waals surface area contributed by atoms with Crippen LogP contribution in [0.3, 0.4) is 0 Å². The van der Waals surface area contributed by atoms with Crippen LogP contribution in [0.15, 0.2) is 42.5 Å². The van der Waals surface area contributed by atoms with Gasteiger partial charge in [0.1, 0.15) is 0 Å². The Morgan fingerprint density at radius 1 is 1.24 bits per heavy atom. The van der Waals surface area contributed by atoms with E-state index in [0.29, 0.717) is 17.1 Å². The smallest absolute Gasteiger partial charge is 0.248 e. The van der Waals surface area contributed by atoms with E-state index in [1.807, 2.05) is 37.3 Å². The highest BCUT2D eigenvalue weighted by atomic mass is 35.5. The lowest BCUT2D eigenvalue weighted by Gasteiger charge is -2.25. The molecule has 0 aliphatic carbocycles. The highest BCUT2D eigenvalue weighted by molar-refractivity contribution is 6.33. The fraction of sp³-hybridized carbons (Fsp3) is 0.188. The van der Waals surface area contributed by atoms with Crippen LogP contribution in [0.1, 0.15) is 22.8 Å². The van der Waals surface area contributed by atoms with Crippen molar-refractivity contribution in [2.24, 2.45) is 5.73 Å². The van der Waals surface area contributed by atoms with Crippen molar-refractivity contribution in [1.82, 2.24) is 0 Å². The van der Waals surface area contributed by atoms with Gasteiger partial charge in [-0.3, -0.25) is 4.79 Å². The first-order valence-electron chi connectivity index (χ1n) is 6.70. The molecule has 0 saturated carbocycles. The molecule has 0 radical (unpaired) electrons. The molecule has 0 unspecified atom stereocenters. The zero-order valence-corrected chi connectivity index (χ0v) is 12.6. The Morgan fingerprint density at radius 3 is 2.52 bits per heavy atom. The summed E-state index contributed by atoms with van der Waals surface area (Å²) in [6.07, 6.45) is 0. The number of nitrogens with zero attached hydrogens (tertiary/aromatic N) is 1. The van der Waals surface area contributed by atoms with Gasteiger partial charge in [0.05, 0.1) is 10.7 Å². The number of hydrogen-bond donors (Lipinski definition) is 2. The van der Waals surface area contributed by atoms with Gasteiger partial charge in [-0.25, -0.2) is 0 Å². The molecule has 0 atom stereocenters. The Hall–Kier alpha value is -2.20. The second kappa shape index (κ2) is 6.50. The van der Waals surface area contributed by atoms with E-state index in [1.54, 1.807) is 12.1 Å². The summed E-state index contributed by atoms with van der Waals surface area (Å²) < 4.78 is 0. The third kappa shape index (κ3) is 3.47. The van der Waals surface area contributed by atoms with E-state index >= 15 is 0 Å². The molecule has 4 nitrogen and oxygen atoms in total. The van der Waals surface area contributed by atoms with Crippen LogP contribution in [0.5, 0.6) is 0 Å². The zero-order chi connectivity index (χ0) is 15.4. The topological polar surface area (TPSA) is 72.3 Å². The quantitative estimate of drug-likeness (QED) is 0.834. The van der Waals surface area contributed by atoms with Gasteiger partial charge in [0.2, 0.25) is 5.91 Å². The average molecular weight is 304 g/mol. The monoisotopic (exact) mass is 303 g/mol. The molecule has 5 heteroatoms. The van der Waals surface area contributed by atoms with Gasteiger partial charge in [-0.05, 0) is 36.8 Å². The number of nitrogens with two attached hydrogens (primary N) is 2. The number of carbonyl (C=O) groups is 1. The van der Waals surface area contributed by atoms with Gasteiger partial charge in [0.15, 0.2) is 0 Å². The van der Waals surface area contributed by atoms with Crippen LogP contribution in [0, 0.1) is 0 Å². The minimum absolute atomic E-state index is 0.402. The van der Waals surface area contributed by atoms with Crippen molar-refractivity contribution < 1.29 is 4.79 Å². The lowest BCUT2D eigenvalue weighted by molar-refractivity contribution is 0.100. The molecule has 0 saturated heterocycles. The molecule has 2 aromatic rings. The molecule has 0 spiro atoms. The molecule has 21 heavy (non-hydrogen) atoms. The molecule has 2 rings (SSSR count). The van der Waals surface area contributed by atoms with Gasteiger partial charge in [0, 0.05) is 24.3 Å². The van der Waals surface area contributed by atoms with E-state index in [4.69, 9.17) is 23.1 Å². The van der Waals surface area contributed by atoms with Crippen LogP contribution in [0.25, 0.3) is 0 Å². The number of rotatable bonds is 5. The zero-order valence-electron chi connectivity index (χ0n) is 11.8. The van der Waals surface area contributed by atoms with E-state index in [2.05, 4.69) is 4.90 Å². The molecule has 0 heterocycles. The highest BCUT2D eigenvalue weighted by Crippen LogP contribution is 2.28.